The molecule has 0 aliphatic carbocycles. The minimum absolute atomic E-state index is 0.346. The molecule has 2 N–H and O–H groups in total. The van der Waals surface area contributed by atoms with E-state index in [-0.39, 0.29) is 0 Å². The van der Waals surface area contributed by atoms with Gasteiger partial charge in [-0.25, -0.2) is 4.98 Å². The quantitative estimate of drug-likeness (QED) is 0.701. The van der Waals surface area contributed by atoms with Crippen molar-refractivity contribution in [3.05, 3.63) is 23.4 Å². The normalized spacial score (nSPS) is 10.2. The van der Waals surface area contributed by atoms with E-state index >= 15 is 0 Å². The van der Waals surface area contributed by atoms with Gasteiger partial charge in [0, 0.05) is 30.4 Å². The Kier molecular flexibility index (Phi) is 6.31. The van der Waals surface area contributed by atoms with Gasteiger partial charge in [-0.15, -0.1) is 0 Å². The second-order valence-corrected chi connectivity index (χ2v) is 5.25. The van der Waals surface area contributed by atoms with E-state index in [1.54, 1.807) is 39.5 Å². The number of aromatic nitrogens is 2. The minimum Gasteiger partial charge on any atom is -0.493 e. The summed E-state index contributed by atoms with van der Waals surface area (Å²) in [6.45, 7) is 2.83. The lowest BCUT2D eigenvalue weighted by Crippen LogP contribution is -2.06. The number of anilines is 3. The number of nitrogens with zero attached hydrogens (tertiary/aromatic N) is 2. The summed E-state index contributed by atoms with van der Waals surface area (Å²) in [4.78, 5) is 8.53. The third-order valence-electron chi connectivity index (χ3n) is 3.17. The van der Waals surface area contributed by atoms with Crippen LogP contribution in [-0.2, 0) is 0 Å². The topological polar surface area (TPSA) is 77.5 Å². The lowest BCUT2D eigenvalue weighted by Gasteiger charge is -2.15. The fourth-order valence-corrected chi connectivity index (χ4v) is 2.28. The van der Waals surface area contributed by atoms with Crippen LogP contribution in [0.2, 0.25) is 5.15 Å². The van der Waals surface area contributed by atoms with Crippen molar-refractivity contribution in [3.63, 3.8) is 0 Å². The number of hydrogen-bond acceptors (Lipinski definition) is 7. The largest absolute Gasteiger partial charge is 0.493 e. The van der Waals surface area contributed by atoms with E-state index in [4.69, 9.17) is 25.8 Å². The maximum atomic E-state index is 6.06. The van der Waals surface area contributed by atoms with Crippen molar-refractivity contribution in [1.82, 2.24) is 9.97 Å². The summed E-state index contributed by atoms with van der Waals surface area (Å²) in [7, 11) is 4.69. The van der Waals surface area contributed by atoms with Crippen molar-refractivity contribution in [2.75, 3.05) is 38.5 Å². The molecule has 0 radical (unpaired) electrons. The highest BCUT2D eigenvalue weighted by Crippen LogP contribution is 2.40. The van der Waals surface area contributed by atoms with Crippen LogP contribution in [0.4, 0.5) is 17.5 Å². The smallest absolute Gasteiger partial charge is 0.226 e. The van der Waals surface area contributed by atoms with Crippen LogP contribution in [0.3, 0.4) is 0 Å². The molecule has 2 rings (SSSR count). The molecule has 0 aliphatic rings. The van der Waals surface area contributed by atoms with E-state index in [0.29, 0.717) is 34.2 Å². The lowest BCUT2D eigenvalue weighted by molar-refractivity contribution is 0.324. The molecule has 0 saturated carbocycles. The van der Waals surface area contributed by atoms with E-state index < -0.39 is 0 Å². The molecule has 0 atom stereocenters. The first-order chi connectivity index (χ1) is 11.6. The van der Waals surface area contributed by atoms with Gasteiger partial charge in [-0.2, -0.15) is 4.98 Å². The van der Waals surface area contributed by atoms with Gasteiger partial charge in [0.25, 0.3) is 0 Å². The number of nitrogens with one attached hydrogen (secondary N) is 2. The van der Waals surface area contributed by atoms with Crippen LogP contribution < -0.4 is 24.8 Å². The van der Waals surface area contributed by atoms with E-state index in [1.165, 1.54) is 0 Å². The molecule has 0 fully saturated rings. The zero-order chi connectivity index (χ0) is 17.5. The number of benzene rings is 1. The molecule has 1 aromatic carbocycles. The first-order valence-corrected chi connectivity index (χ1v) is 7.84. The summed E-state index contributed by atoms with van der Waals surface area (Å²) in [6, 6.07) is 5.22. The number of hydrogen-bond donors (Lipinski definition) is 2. The lowest BCUT2D eigenvalue weighted by atomic mass is 10.2. The fourth-order valence-electron chi connectivity index (χ4n) is 2.10. The molecule has 0 amide bonds. The maximum Gasteiger partial charge on any atom is 0.226 e. The SMILES string of the molecule is CCCNc1nc(Cl)cc(Nc2cc(OC)c(OC)c(OC)c2)n1. The average molecular weight is 353 g/mol. The van der Waals surface area contributed by atoms with Gasteiger partial charge in [0.05, 0.1) is 21.3 Å². The van der Waals surface area contributed by atoms with Crippen molar-refractivity contribution >= 4 is 29.1 Å². The van der Waals surface area contributed by atoms with Gasteiger partial charge in [0.1, 0.15) is 11.0 Å². The minimum atomic E-state index is 0.346. The van der Waals surface area contributed by atoms with Crippen LogP contribution in [0.1, 0.15) is 13.3 Å². The Labute approximate surface area is 146 Å². The maximum absolute atomic E-state index is 6.06. The van der Waals surface area contributed by atoms with E-state index in [2.05, 4.69) is 27.5 Å². The highest BCUT2D eigenvalue weighted by atomic mass is 35.5. The average Bonchev–Trinajstić information content (AvgIpc) is 2.58. The van der Waals surface area contributed by atoms with Gasteiger partial charge in [-0.3, -0.25) is 0 Å². The predicted octanol–water partition coefficient (Wildman–Crippen LogP) is 3.72. The van der Waals surface area contributed by atoms with Crippen molar-refractivity contribution in [2.24, 2.45) is 0 Å². The Morgan fingerprint density at radius 1 is 1.00 bits per heavy atom. The molecule has 0 saturated heterocycles. The molecule has 0 unspecified atom stereocenters. The van der Waals surface area contributed by atoms with Gasteiger partial charge < -0.3 is 24.8 Å². The molecule has 24 heavy (non-hydrogen) atoms. The van der Waals surface area contributed by atoms with Gasteiger partial charge >= 0.3 is 0 Å². The van der Waals surface area contributed by atoms with Crippen molar-refractivity contribution in [2.45, 2.75) is 13.3 Å². The Morgan fingerprint density at radius 2 is 1.67 bits per heavy atom. The molecule has 1 aromatic heterocycles. The summed E-state index contributed by atoms with van der Waals surface area (Å²) < 4.78 is 16.0. The molecule has 0 aliphatic heterocycles. The van der Waals surface area contributed by atoms with Crippen molar-refractivity contribution in [3.8, 4) is 17.2 Å². The third-order valence-corrected chi connectivity index (χ3v) is 3.36. The standard InChI is InChI=1S/C16H21ClN4O3/c1-5-6-18-16-20-13(17)9-14(21-16)19-10-7-11(22-2)15(24-4)12(8-10)23-3/h7-9H,5-6H2,1-4H3,(H2,18,19,20,21). The Bertz CT molecular complexity index is 672. The summed E-state index contributed by atoms with van der Waals surface area (Å²) >= 11 is 6.06. The van der Waals surface area contributed by atoms with E-state index in [9.17, 15) is 0 Å². The first kappa shape index (κ1) is 17.9. The highest BCUT2D eigenvalue weighted by Gasteiger charge is 2.14. The van der Waals surface area contributed by atoms with Crippen LogP contribution in [0.15, 0.2) is 18.2 Å². The molecule has 0 bridgehead atoms. The Balaban J connectivity index is 2.32. The summed E-state index contributed by atoms with van der Waals surface area (Å²) in [5.74, 6) is 2.64. The molecule has 1 heterocycles. The number of rotatable bonds is 8. The van der Waals surface area contributed by atoms with Crippen molar-refractivity contribution < 1.29 is 14.2 Å². The highest BCUT2D eigenvalue weighted by molar-refractivity contribution is 6.29. The number of methoxy groups -OCH3 is 3. The van der Waals surface area contributed by atoms with Crippen LogP contribution in [0.5, 0.6) is 17.2 Å². The van der Waals surface area contributed by atoms with Gasteiger partial charge in [0.15, 0.2) is 11.5 Å². The zero-order valence-electron chi connectivity index (χ0n) is 14.1. The molecular weight excluding hydrogens is 332 g/mol. The summed E-state index contributed by atoms with van der Waals surface area (Å²) in [5.41, 5.74) is 0.723. The molecule has 8 heteroatoms. The third kappa shape index (κ3) is 4.32. The summed E-state index contributed by atoms with van der Waals surface area (Å²) in [5, 5.41) is 6.63. The van der Waals surface area contributed by atoms with Crippen LogP contribution >= 0.6 is 11.6 Å². The number of ether oxygens (including phenoxy) is 3. The van der Waals surface area contributed by atoms with E-state index in [0.717, 1.165) is 18.7 Å². The van der Waals surface area contributed by atoms with Crippen LogP contribution in [-0.4, -0.2) is 37.8 Å². The monoisotopic (exact) mass is 352 g/mol. The Morgan fingerprint density at radius 3 is 2.21 bits per heavy atom. The molecule has 0 spiro atoms. The Hall–Kier alpha value is -2.41. The summed E-state index contributed by atoms with van der Waals surface area (Å²) in [6.07, 6.45) is 0.964. The van der Waals surface area contributed by atoms with Gasteiger partial charge in [-0.05, 0) is 6.42 Å². The first-order valence-electron chi connectivity index (χ1n) is 7.46. The second kappa shape index (κ2) is 8.44. The van der Waals surface area contributed by atoms with Crippen LogP contribution in [0, 0.1) is 0 Å². The molecule has 7 nitrogen and oxygen atoms in total. The second-order valence-electron chi connectivity index (χ2n) is 4.87. The van der Waals surface area contributed by atoms with Gasteiger partial charge in [0.2, 0.25) is 11.7 Å². The van der Waals surface area contributed by atoms with Crippen molar-refractivity contribution in [1.29, 1.82) is 0 Å². The fraction of sp³-hybridized carbons (Fsp3) is 0.375. The van der Waals surface area contributed by atoms with E-state index in [1.807, 2.05) is 0 Å². The number of halogens is 1. The predicted molar refractivity (Wildman–Crippen MR) is 95.2 cm³/mol. The molecule has 2 aromatic rings. The molecule has 130 valence electrons. The zero-order valence-corrected chi connectivity index (χ0v) is 14.9. The van der Waals surface area contributed by atoms with Gasteiger partial charge in [-0.1, -0.05) is 18.5 Å². The molecular formula is C16H21ClN4O3. The van der Waals surface area contributed by atoms with Crippen LogP contribution in [0.25, 0.3) is 0 Å².